The summed E-state index contributed by atoms with van der Waals surface area (Å²) in [4.78, 5) is 26.4. The van der Waals surface area contributed by atoms with Crippen LogP contribution in [0.15, 0.2) is 0 Å². The molecule has 6 nitrogen and oxygen atoms in total. The summed E-state index contributed by atoms with van der Waals surface area (Å²) >= 11 is 0. The molecule has 0 bridgehead atoms. The van der Waals surface area contributed by atoms with E-state index in [1.807, 2.05) is 13.8 Å². The van der Waals surface area contributed by atoms with Crippen molar-refractivity contribution >= 4 is 11.8 Å². The normalized spacial score (nSPS) is 37.0. The molecule has 1 saturated carbocycles. The number of hydrogen-bond donors (Lipinski definition) is 2. The molecule has 0 aromatic rings. The van der Waals surface area contributed by atoms with Gasteiger partial charge in [0.05, 0.1) is 12.6 Å². The molecule has 118 valence electrons. The van der Waals surface area contributed by atoms with E-state index in [4.69, 9.17) is 10.5 Å². The number of ether oxygens (including phenoxy) is 1. The number of fused-ring (bicyclic) bond motifs is 1. The molecule has 0 aromatic carbocycles. The summed E-state index contributed by atoms with van der Waals surface area (Å²) in [6.45, 7) is 6.26. The number of hydrogen-bond acceptors (Lipinski definition) is 4. The van der Waals surface area contributed by atoms with E-state index in [0.29, 0.717) is 6.61 Å². The van der Waals surface area contributed by atoms with Gasteiger partial charge in [-0.15, -0.1) is 0 Å². The Morgan fingerprint density at radius 2 is 2.00 bits per heavy atom. The van der Waals surface area contributed by atoms with Crippen LogP contribution in [-0.4, -0.2) is 54.6 Å². The number of rotatable bonds is 3. The highest BCUT2D eigenvalue weighted by Crippen LogP contribution is 2.58. The molecule has 21 heavy (non-hydrogen) atoms. The van der Waals surface area contributed by atoms with Gasteiger partial charge in [0.15, 0.2) is 0 Å². The number of nitrogens with two attached hydrogens (primary N) is 1. The SMILES string of the molecule is CC1(C)C2OCCC2C1(N)C(=O)NCC(=O)N1CCCC1. The maximum Gasteiger partial charge on any atom is 0.241 e. The number of amides is 2. The van der Waals surface area contributed by atoms with Gasteiger partial charge in [-0.05, 0) is 19.3 Å². The molecule has 3 rings (SSSR count). The fourth-order valence-corrected chi connectivity index (χ4v) is 4.23. The van der Waals surface area contributed by atoms with Gasteiger partial charge in [0, 0.05) is 31.0 Å². The van der Waals surface area contributed by atoms with Gasteiger partial charge in [0.25, 0.3) is 0 Å². The topological polar surface area (TPSA) is 84.7 Å². The average Bonchev–Trinajstić information content (AvgIpc) is 3.12. The van der Waals surface area contributed by atoms with E-state index < -0.39 is 11.0 Å². The molecule has 0 aromatic heterocycles. The smallest absolute Gasteiger partial charge is 0.241 e. The molecular formula is C15H25N3O3. The predicted octanol–water partition coefficient (Wildman–Crippen LogP) is -0.133. The summed E-state index contributed by atoms with van der Waals surface area (Å²) in [5, 5.41) is 2.76. The van der Waals surface area contributed by atoms with Crippen LogP contribution in [-0.2, 0) is 14.3 Å². The third-order valence-corrected chi connectivity index (χ3v) is 5.69. The van der Waals surface area contributed by atoms with Crippen molar-refractivity contribution in [3.8, 4) is 0 Å². The molecule has 3 unspecified atom stereocenters. The maximum absolute atomic E-state index is 12.6. The van der Waals surface area contributed by atoms with E-state index in [1.165, 1.54) is 0 Å². The highest BCUT2D eigenvalue weighted by Gasteiger charge is 2.71. The van der Waals surface area contributed by atoms with Gasteiger partial charge in [-0.2, -0.15) is 0 Å². The Balaban J connectivity index is 1.61. The number of nitrogens with one attached hydrogen (secondary N) is 1. The van der Waals surface area contributed by atoms with Gasteiger partial charge >= 0.3 is 0 Å². The molecule has 6 heteroatoms. The molecule has 2 heterocycles. The summed E-state index contributed by atoms with van der Waals surface area (Å²) in [6.07, 6.45) is 2.98. The lowest BCUT2D eigenvalue weighted by Crippen LogP contribution is -2.80. The third kappa shape index (κ3) is 1.99. The molecule has 3 fully saturated rings. The molecule has 2 aliphatic heterocycles. The van der Waals surface area contributed by atoms with Crippen molar-refractivity contribution in [3.63, 3.8) is 0 Å². The monoisotopic (exact) mass is 295 g/mol. The van der Waals surface area contributed by atoms with Crippen LogP contribution in [0.2, 0.25) is 0 Å². The van der Waals surface area contributed by atoms with Crippen LogP contribution < -0.4 is 11.1 Å². The molecule has 1 aliphatic carbocycles. The summed E-state index contributed by atoms with van der Waals surface area (Å²) < 4.78 is 5.68. The van der Waals surface area contributed by atoms with E-state index in [-0.39, 0.29) is 30.4 Å². The summed E-state index contributed by atoms with van der Waals surface area (Å²) in [5.74, 6) is -0.165. The maximum atomic E-state index is 12.6. The van der Waals surface area contributed by atoms with E-state index in [2.05, 4.69) is 5.32 Å². The van der Waals surface area contributed by atoms with E-state index >= 15 is 0 Å². The van der Waals surface area contributed by atoms with Gasteiger partial charge in [0.1, 0.15) is 5.54 Å². The highest BCUT2D eigenvalue weighted by atomic mass is 16.5. The molecule has 2 amide bonds. The van der Waals surface area contributed by atoms with Crippen molar-refractivity contribution in [3.05, 3.63) is 0 Å². The second-order valence-electron chi connectivity index (χ2n) is 7.05. The summed E-state index contributed by atoms with van der Waals surface area (Å²) in [6, 6.07) is 0. The minimum atomic E-state index is -0.931. The zero-order valence-corrected chi connectivity index (χ0v) is 12.9. The number of carbonyl (C=O) groups excluding carboxylic acids is 2. The van der Waals surface area contributed by atoms with Crippen LogP contribution >= 0.6 is 0 Å². The zero-order valence-electron chi connectivity index (χ0n) is 12.9. The molecule has 3 aliphatic rings. The van der Waals surface area contributed by atoms with Gasteiger partial charge in [-0.1, -0.05) is 13.8 Å². The standard InChI is InChI=1S/C15H25N3O3/c1-14(2)12-10(5-8-21-12)15(14,16)13(20)17-9-11(19)18-6-3-4-7-18/h10,12H,3-9,16H2,1-2H3,(H,17,20). The molecule has 3 atom stereocenters. The minimum absolute atomic E-state index is 0.0131. The first-order valence-electron chi connectivity index (χ1n) is 7.85. The summed E-state index contributed by atoms with van der Waals surface area (Å²) in [5.41, 5.74) is 5.11. The van der Waals surface area contributed by atoms with Gasteiger partial charge < -0.3 is 20.7 Å². The van der Waals surface area contributed by atoms with Crippen LogP contribution in [0.1, 0.15) is 33.1 Å². The third-order valence-electron chi connectivity index (χ3n) is 5.69. The zero-order chi connectivity index (χ0) is 15.3. The van der Waals surface area contributed by atoms with Crippen molar-refractivity contribution in [2.75, 3.05) is 26.2 Å². The Morgan fingerprint density at radius 1 is 1.33 bits per heavy atom. The van der Waals surface area contributed by atoms with Crippen LogP contribution in [0.25, 0.3) is 0 Å². The largest absolute Gasteiger partial charge is 0.377 e. The van der Waals surface area contributed by atoms with Crippen LogP contribution in [0.5, 0.6) is 0 Å². The molecule has 0 radical (unpaired) electrons. The lowest BCUT2D eigenvalue weighted by Gasteiger charge is -2.60. The number of nitrogens with zero attached hydrogens (tertiary/aromatic N) is 1. The first-order valence-corrected chi connectivity index (χ1v) is 7.85. The second kappa shape index (κ2) is 4.95. The first-order chi connectivity index (χ1) is 9.89. The number of carbonyl (C=O) groups is 2. The van der Waals surface area contributed by atoms with Crippen molar-refractivity contribution in [1.29, 1.82) is 0 Å². The van der Waals surface area contributed by atoms with Crippen molar-refractivity contribution in [2.45, 2.75) is 44.8 Å². The first kappa shape index (κ1) is 14.8. The summed E-state index contributed by atoms with van der Waals surface area (Å²) in [7, 11) is 0. The van der Waals surface area contributed by atoms with Crippen molar-refractivity contribution < 1.29 is 14.3 Å². The Morgan fingerprint density at radius 3 is 2.67 bits per heavy atom. The molecule has 2 saturated heterocycles. The minimum Gasteiger partial charge on any atom is -0.377 e. The quantitative estimate of drug-likeness (QED) is 0.759. The van der Waals surface area contributed by atoms with E-state index in [1.54, 1.807) is 4.90 Å². The Bertz CT molecular complexity index is 459. The van der Waals surface area contributed by atoms with Gasteiger partial charge in [-0.25, -0.2) is 0 Å². The lowest BCUT2D eigenvalue weighted by atomic mass is 9.48. The predicted molar refractivity (Wildman–Crippen MR) is 77.4 cm³/mol. The second-order valence-corrected chi connectivity index (χ2v) is 7.05. The lowest BCUT2D eigenvalue weighted by molar-refractivity contribution is -0.175. The fraction of sp³-hybridized carbons (Fsp3) is 0.867. The Labute approximate surface area is 125 Å². The fourth-order valence-electron chi connectivity index (χ4n) is 4.23. The molecule has 3 N–H and O–H groups in total. The van der Waals surface area contributed by atoms with Crippen molar-refractivity contribution in [1.82, 2.24) is 10.2 Å². The van der Waals surface area contributed by atoms with Crippen LogP contribution in [0.4, 0.5) is 0 Å². The Hall–Kier alpha value is -1.14. The number of likely N-dealkylation sites (tertiary alicyclic amines) is 1. The highest BCUT2D eigenvalue weighted by molar-refractivity contribution is 5.92. The average molecular weight is 295 g/mol. The van der Waals surface area contributed by atoms with Crippen LogP contribution in [0, 0.1) is 11.3 Å². The van der Waals surface area contributed by atoms with E-state index in [0.717, 1.165) is 32.4 Å². The Kier molecular flexibility index (Phi) is 3.48. The van der Waals surface area contributed by atoms with E-state index in [9.17, 15) is 9.59 Å². The molecular weight excluding hydrogens is 270 g/mol. The van der Waals surface area contributed by atoms with Crippen LogP contribution in [0.3, 0.4) is 0 Å². The van der Waals surface area contributed by atoms with Gasteiger partial charge in [-0.3, -0.25) is 9.59 Å². The van der Waals surface area contributed by atoms with Crippen molar-refractivity contribution in [2.24, 2.45) is 17.1 Å². The molecule has 0 spiro atoms. The van der Waals surface area contributed by atoms with Gasteiger partial charge in [0.2, 0.25) is 11.8 Å².